The van der Waals surface area contributed by atoms with Crippen molar-refractivity contribution in [2.45, 2.75) is 43.2 Å². The molecule has 190 valence electrons. The van der Waals surface area contributed by atoms with Gasteiger partial charge in [-0.15, -0.1) is 0 Å². The normalized spacial score (nSPS) is 29.6. The SMILES string of the molecule is COc1ccc([C@H]2C3CCCN3[C@@]3(C(=O)Nc4ccccc43)[C@]23CCc2c([nH]c4ccccc24)C3=O)cc1. The lowest BCUT2D eigenvalue weighted by atomic mass is 9.53. The Labute approximate surface area is 221 Å². The van der Waals surface area contributed by atoms with Crippen molar-refractivity contribution in [1.82, 2.24) is 9.88 Å². The Hall–Kier alpha value is -3.90. The summed E-state index contributed by atoms with van der Waals surface area (Å²) >= 11 is 0. The van der Waals surface area contributed by atoms with Crippen molar-refractivity contribution in [3.05, 3.63) is 95.2 Å². The average Bonchev–Trinajstić information content (AvgIpc) is 3.69. The second-order valence-electron chi connectivity index (χ2n) is 11.2. The van der Waals surface area contributed by atoms with E-state index in [9.17, 15) is 4.79 Å². The van der Waals surface area contributed by atoms with E-state index in [1.54, 1.807) is 7.11 Å². The molecule has 1 aliphatic carbocycles. The third-order valence-electron chi connectivity index (χ3n) is 9.88. The maximum atomic E-state index is 15.2. The quantitative estimate of drug-likeness (QED) is 0.384. The molecule has 0 bridgehead atoms. The Morgan fingerprint density at radius 1 is 0.974 bits per heavy atom. The summed E-state index contributed by atoms with van der Waals surface area (Å²) in [5, 5.41) is 4.32. The first-order valence-corrected chi connectivity index (χ1v) is 13.6. The summed E-state index contributed by atoms with van der Waals surface area (Å²) in [4.78, 5) is 35.5. The number of Topliss-reactive ketones (excluding diaryl/α,β-unsaturated/α-hetero) is 1. The number of amides is 1. The molecule has 1 amide bonds. The van der Waals surface area contributed by atoms with Gasteiger partial charge < -0.3 is 15.0 Å². The number of anilines is 1. The molecule has 3 aromatic carbocycles. The second-order valence-corrected chi connectivity index (χ2v) is 11.2. The minimum Gasteiger partial charge on any atom is -0.497 e. The molecule has 4 atom stereocenters. The highest BCUT2D eigenvalue weighted by molar-refractivity contribution is 6.16. The van der Waals surface area contributed by atoms with Gasteiger partial charge in [-0.2, -0.15) is 0 Å². The minimum atomic E-state index is -1.05. The Morgan fingerprint density at radius 2 is 1.76 bits per heavy atom. The number of para-hydroxylation sites is 2. The molecule has 4 aromatic rings. The summed E-state index contributed by atoms with van der Waals surface area (Å²) in [6, 6.07) is 24.4. The van der Waals surface area contributed by atoms with Crippen LogP contribution in [0.4, 0.5) is 5.69 Å². The van der Waals surface area contributed by atoms with E-state index >= 15 is 4.79 Å². The zero-order valence-corrected chi connectivity index (χ0v) is 21.3. The maximum Gasteiger partial charge on any atom is 0.250 e. The van der Waals surface area contributed by atoms with E-state index in [-0.39, 0.29) is 23.7 Å². The first kappa shape index (κ1) is 22.1. The number of ketones is 1. The van der Waals surface area contributed by atoms with Crippen LogP contribution in [-0.4, -0.2) is 41.3 Å². The molecule has 2 spiro atoms. The van der Waals surface area contributed by atoms with Crippen molar-refractivity contribution in [2.24, 2.45) is 5.41 Å². The van der Waals surface area contributed by atoms with Gasteiger partial charge >= 0.3 is 0 Å². The van der Waals surface area contributed by atoms with Crippen LogP contribution in [0.15, 0.2) is 72.8 Å². The van der Waals surface area contributed by atoms with Crippen molar-refractivity contribution in [3.8, 4) is 5.75 Å². The van der Waals surface area contributed by atoms with E-state index in [1.165, 1.54) is 0 Å². The number of benzene rings is 3. The van der Waals surface area contributed by atoms with Crippen LogP contribution in [0.5, 0.6) is 5.75 Å². The number of fused-ring (bicyclic) bond motifs is 8. The molecule has 2 fully saturated rings. The molecule has 0 saturated carbocycles. The number of aromatic nitrogens is 1. The molecule has 4 heterocycles. The maximum absolute atomic E-state index is 15.2. The predicted molar refractivity (Wildman–Crippen MR) is 146 cm³/mol. The Bertz CT molecular complexity index is 1640. The molecule has 1 unspecified atom stereocenters. The number of aromatic amines is 1. The number of hydrogen-bond donors (Lipinski definition) is 2. The van der Waals surface area contributed by atoms with E-state index in [2.05, 4.69) is 39.5 Å². The van der Waals surface area contributed by atoms with Gasteiger partial charge in [-0.25, -0.2) is 0 Å². The lowest BCUT2D eigenvalue weighted by Crippen LogP contribution is -2.60. The van der Waals surface area contributed by atoms with Crippen LogP contribution in [0.25, 0.3) is 10.9 Å². The van der Waals surface area contributed by atoms with Gasteiger partial charge in [-0.3, -0.25) is 14.5 Å². The van der Waals surface area contributed by atoms with Crippen LogP contribution in [0.3, 0.4) is 0 Å². The molecule has 38 heavy (non-hydrogen) atoms. The van der Waals surface area contributed by atoms with Crippen LogP contribution in [0.2, 0.25) is 0 Å². The average molecular weight is 504 g/mol. The fraction of sp³-hybridized carbons (Fsp3) is 0.312. The summed E-state index contributed by atoms with van der Waals surface area (Å²) in [5.74, 6) is 0.669. The van der Waals surface area contributed by atoms with Crippen LogP contribution < -0.4 is 10.1 Å². The molecule has 0 radical (unpaired) electrons. The highest BCUT2D eigenvalue weighted by Gasteiger charge is 2.77. The number of nitrogens with one attached hydrogen (secondary N) is 2. The molecule has 6 heteroatoms. The van der Waals surface area contributed by atoms with Crippen LogP contribution in [0, 0.1) is 5.41 Å². The first-order valence-electron chi connectivity index (χ1n) is 13.6. The van der Waals surface area contributed by atoms with Gasteiger partial charge in [-0.1, -0.05) is 48.5 Å². The minimum absolute atomic E-state index is 0.0606. The van der Waals surface area contributed by atoms with Crippen molar-refractivity contribution in [1.29, 1.82) is 0 Å². The third kappa shape index (κ3) is 2.43. The molecule has 2 N–H and O–H groups in total. The summed E-state index contributed by atoms with van der Waals surface area (Å²) in [5.41, 5.74) is 3.61. The van der Waals surface area contributed by atoms with Gasteiger partial charge in [0, 0.05) is 34.1 Å². The summed E-state index contributed by atoms with van der Waals surface area (Å²) in [6.07, 6.45) is 3.33. The number of rotatable bonds is 2. The smallest absolute Gasteiger partial charge is 0.250 e. The lowest BCUT2D eigenvalue weighted by Gasteiger charge is -2.48. The summed E-state index contributed by atoms with van der Waals surface area (Å²) in [7, 11) is 1.67. The Kier molecular flexibility index (Phi) is 4.41. The molecular weight excluding hydrogens is 474 g/mol. The van der Waals surface area contributed by atoms with Gasteiger partial charge in [-0.05, 0) is 67.6 Å². The van der Waals surface area contributed by atoms with E-state index < -0.39 is 11.0 Å². The van der Waals surface area contributed by atoms with Crippen molar-refractivity contribution < 1.29 is 14.3 Å². The Balaban J connectivity index is 1.44. The van der Waals surface area contributed by atoms with Gasteiger partial charge in [0.2, 0.25) is 0 Å². The first-order chi connectivity index (χ1) is 18.6. The van der Waals surface area contributed by atoms with E-state index in [0.717, 1.165) is 64.8 Å². The Morgan fingerprint density at radius 3 is 2.61 bits per heavy atom. The standard InChI is InChI=1S/C32H29N3O3/c1-38-20-14-12-19(13-15-20)27-26-11-6-18-35(26)32(23-8-3-5-10-25(23)34-30(32)37)31(27)17-16-22-21-7-2-4-9-24(21)33-28(22)29(31)36/h2-5,7-10,12-15,26-27,33H,6,11,16-18H2,1H3,(H,34,37)/t26?,27-,31+,32-/m0/s1. The van der Waals surface area contributed by atoms with Gasteiger partial charge in [0.25, 0.3) is 5.91 Å². The number of carbonyl (C=O) groups is 2. The topological polar surface area (TPSA) is 74.4 Å². The second kappa shape index (κ2) is 7.58. The number of ether oxygens (including phenoxy) is 1. The molecule has 8 rings (SSSR count). The fourth-order valence-electron chi connectivity index (χ4n) is 8.61. The molecule has 2 saturated heterocycles. The third-order valence-corrected chi connectivity index (χ3v) is 9.88. The number of carbonyl (C=O) groups excluding carboxylic acids is 2. The number of H-pyrrole nitrogens is 1. The molecule has 1 aromatic heterocycles. The van der Waals surface area contributed by atoms with Crippen LogP contribution in [0.1, 0.15) is 52.4 Å². The van der Waals surface area contributed by atoms with Crippen LogP contribution in [-0.2, 0) is 16.8 Å². The molecule has 6 nitrogen and oxygen atoms in total. The number of aryl methyl sites for hydroxylation is 1. The molecular formula is C32H29N3O3. The van der Waals surface area contributed by atoms with E-state index in [0.29, 0.717) is 12.1 Å². The molecule has 3 aliphatic heterocycles. The number of nitrogens with zero attached hydrogens (tertiary/aromatic N) is 1. The monoisotopic (exact) mass is 503 g/mol. The highest BCUT2D eigenvalue weighted by atomic mass is 16.5. The van der Waals surface area contributed by atoms with E-state index in [4.69, 9.17) is 4.74 Å². The van der Waals surface area contributed by atoms with Gasteiger partial charge in [0.15, 0.2) is 5.78 Å². The van der Waals surface area contributed by atoms with Crippen LogP contribution >= 0.6 is 0 Å². The van der Waals surface area contributed by atoms with Gasteiger partial charge in [0.1, 0.15) is 11.3 Å². The predicted octanol–water partition coefficient (Wildman–Crippen LogP) is 5.40. The highest BCUT2D eigenvalue weighted by Crippen LogP contribution is 2.70. The van der Waals surface area contributed by atoms with Gasteiger partial charge in [0.05, 0.1) is 18.2 Å². The lowest BCUT2D eigenvalue weighted by molar-refractivity contribution is -0.131. The number of hydrogen-bond acceptors (Lipinski definition) is 4. The zero-order valence-electron chi connectivity index (χ0n) is 21.3. The summed E-state index contributed by atoms with van der Waals surface area (Å²) in [6.45, 7) is 0.799. The fourth-order valence-corrected chi connectivity index (χ4v) is 8.61. The van der Waals surface area contributed by atoms with E-state index in [1.807, 2.05) is 48.5 Å². The number of methoxy groups -OCH3 is 1. The van der Waals surface area contributed by atoms with Crippen molar-refractivity contribution in [2.75, 3.05) is 19.0 Å². The summed E-state index contributed by atoms with van der Waals surface area (Å²) < 4.78 is 5.47. The van der Waals surface area contributed by atoms with Crippen molar-refractivity contribution >= 4 is 28.3 Å². The molecule has 4 aliphatic rings. The van der Waals surface area contributed by atoms with Crippen molar-refractivity contribution in [3.63, 3.8) is 0 Å². The largest absolute Gasteiger partial charge is 0.497 e. The zero-order chi connectivity index (χ0) is 25.6.